The zero-order valence-corrected chi connectivity index (χ0v) is 35.9. The van der Waals surface area contributed by atoms with E-state index in [-0.39, 0.29) is 140 Å². The first-order chi connectivity index (χ1) is 16.6. The van der Waals surface area contributed by atoms with Crippen LogP contribution in [0, 0.1) is 0 Å². The topological polar surface area (TPSA) is 245 Å². The van der Waals surface area contributed by atoms with E-state index in [0.717, 1.165) is 38.5 Å². The molecule has 0 aromatic heterocycles. The Kier molecular flexibility index (Phi) is 195. The molecule has 0 aliphatic heterocycles. The predicted octanol–water partition coefficient (Wildman–Crippen LogP) is -9.79. The summed E-state index contributed by atoms with van der Waals surface area (Å²) in [6.07, 6.45) is 7.18. The third kappa shape index (κ3) is 233. The van der Waals surface area contributed by atoms with E-state index in [9.17, 15) is 28.8 Å². The van der Waals surface area contributed by atoms with Crippen LogP contribution in [0.1, 0.15) is 119 Å². The molecule has 45 heavy (non-hydrogen) atoms. The van der Waals surface area contributed by atoms with Gasteiger partial charge >= 0.3 is 65.2 Å². The molecule has 6 amide bonds. The van der Waals surface area contributed by atoms with Gasteiger partial charge in [0.1, 0.15) is 0 Å². The second kappa shape index (κ2) is 90.6. The van der Waals surface area contributed by atoms with Crippen LogP contribution in [0.25, 0.3) is 34.4 Å². The molecule has 0 rings (SSSR count). The van der Waals surface area contributed by atoms with E-state index in [1.54, 1.807) is 0 Å². The van der Waals surface area contributed by atoms with Gasteiger partial charge in [0.05, 0.1) is 0 Å². The van der Waals surface area contributed by atoms with Gasteiger partial charge in [0.25, 0.3) is 0 Å². The van der Waals surface area contributed by atoms with Gasteiger partial charge in [-0.1, -0.05) is 80.1 Å². The average Bonchev–Trinajstić information content (AvgIpc) is 2.69. The van der Waals surface area contributed by atoms with E-state index < -0.39 is 35.4 Å². The number of carbonyl (C=O) groups excluding carboxylic acids is 6. The van der Waals surface area contributed by atoms with Crippen molar-refractivity contribution in [1.82, 2.24) is 0 Å². The summed E-state index contributed by atoms with van der Waals surface area (Å²) in [7, 11) is 0. The molecule has 0 bridgehead atoms. The number of hydrogen-bond acceptors (Lipinski definition) is 6. The molecule has 0 aromatic carbocycles. The maximum Gasteiger partial charge on any atom is 4.00 e. The van der Waals surface area contributed by atoms with Gasteiger partial charge < -0.3 is 138 Å². The fourth-order valence-corrected chi connectivity index (χ4v) is 1.36. The molecular formula is C24H48Cl6N6O6Ti3. The van der Waals surface area contributed by atoms with Crippen LogP contribution >= 0.6 is 0 Å². The fourth-order valence-electron chi connectivity index (χ4n) is 1.36. The van der Waals surface area contributed by atoms with E-state index >= 15 is 0 Å². The average molecular weight is 873 g/mol. The van der Waals surface area contributed by atoms with Crippen LogP contribution in [0.5, 0.6) is 0 Å². The van der Waals surface area contributed by atoms with Gasteiger partial charge in [0.15, 0.2) is 0 Å². The van der Waals surface area contributed by atoms with Gasteiger partial charge in [-0.25, -0.2) is 0 Å². The summed E-state index contributed by atoms with van der Waals surface area (Å²) in [4.78, 5) is 58.3. The van der Waals surface area contributed by atoms with Crippen molar-refractivity contribution in [3.05, 3.63) is 34.4 Å². The van der Waals surface area contributed by atoms with Gasteiger partial charge in [-0.3, -0.25) is 0 Å². The van der Waals surface area contributed by atoms with Gasteiger partial charge in [-0.15, -0.1) is 0 Å². The summed E-state index contributed by atoms with van der Waals surface area (Å²) in [6.45, 7) is 11.3. The van der Waals surface area contributed by atoms with Crippen LogP contribution in [-0.4, -0.2) is 35.4 Å². The summed E-state index contributed by atoms with van der Waals surface area (Å²) >= 11 is 0. The molecule has 0 fully saturated rings. The molecule has 0 radical (unpaired) electrons. The fraction of sp³-hybridized carbons (Fsp3) is 0.750. The van der Waals surface area contributed by atoms with Crippen LogP contribution in [-0.2, 0) is 93.9 Å². The number of nitrogens with one attached hydrogen (secondary N) is 6. The molecule has 0 heterocycles. The molecule has 0 atom stereocenters. The molecule has 12 nitrogen and oxygen atoms in total. The first-order valence-corrected chi connectivity index (χ1v) is 12.1. The normalized spacial score (nSPS) is 6.53. The van der Waals surface area contributed by atoms with Crippen molar-refractivity contribution in [2.24, 2.45) is 0 Å². The van der Waals surface area contributed by atoms with Crippen LogP contribution in [0.15, 0.2) is 0 Å². The van der Waals surface area contributed by atoms with Crippen molar-refractivity contribution in [1.29, 1.82) is 0 Å². The Bertz CT molecular complexity index is 474. The second-order valence-corrected chi connectivity index (χ2v) is 7.04. The second-order valence-electron chi connectivity index (χ2n) is 7.04. The number of amides is 6. The minimum atomic E-state index is -0.461. The number of carbonyl (C=O) groups is 6. The van der Waals surface area contributed by atoms with Crippen molar-refractivity contribution in [3.8, 4) is 0 Å². The van der Waals surface area contributed by atoms with Crippen LogP contribution in [0.3, 0.4) is 0 Å². The molecule has 6 N–H and O–H groups in total. The Morgan fingerprint density at radius 2 is 0.356 bits per heavy atom. The molecule has 0 saturated carbocycles. The molecule has 0 aromatic rings. The molecule has 0 unspecified atom stereocenters. The standard InChI is InChI=1S/6C4H9NO.6ClH.3Ti/c6*1-2-3-4(5)6;;;;;;;;;/h6*2-3H2,1H3,(H2,5,6);6*1H;;;/q;;;;;;;;;;;;3*+4/p-12. The van der Waals surface area contributed by atoms with E-state index in [4.69, 9.17) is 34.4 Å². The number of rotatable bonds is 12. The summed E-state index contributed by atoms with van der Waals surface area (Å²) < 4.78 is 0. The molecular weight excluding hydrogens is 825 g/mol. The minimum absolute atomic E-state index is 0. The third-order valence-electron chi connectivity index (χ3n) is 2.86. The van der Waals surface area contributed by atoms with Crippen molar-refractivity contribution in [2.75, 3.05) is 0 Å². The van der Waals surface area contributed by atoms with Gasteiger partial charge in [0.2, 0.25) is 0 Å². The zero-order chi connectivity index (χ0) is 29.9. The van der Waals surface area contributed by atoms with Gasteiger partial charge in [0, 0.05) is 35.4 Å². The summed E-state index contributed by atoms with van der Waals surface area (Å²) in [5.74, 6) is -2.76. The Morgan fingerprint density at radius 3 is 0.356 bits per heavy atom. The molecule has 0 spiro atoms. The van der Waals surface area contributed by atoms with E-state index in [1.165, 1.54) is 0 Å². The van der Waals surface area contributed by atoms with E-state index in [1.807, 2.05) is 41.5 Å². The maximum atomic E-state index is 9.71. The van der Waals surface area contributed by atoms with Gasteiger partial charge in [-0.05, 0) is 38.5 Å². The molecule has 0 aliphatic rings. The summed E-state index contributed by atoms with van der Waals surface area (Å²) in [6, 6.07) is 0. The zero-order valence-electron chi connectivity index (χ0n) is 26.7. The number of hydrogen-bond donors (Lipinski definition) is 0. The first kappa shape index (κ1) is 96.9. The summed E-state index contributed by atoms with van der Waals surface area (Å²) in [5, 5.41) is 0. The van der Waals surface area contributed by atoms with Crippen molar-refractivity contribution in [2.45, 2.75) is 119 Å². The molecule has 21 heteroatoms. The largest absolute Gasteiger partial charge is 4.00 e. The van der Waals surface area contributed by atoms with Crippen LogP contribution < -0.4 is 74.4 Å². The predicted molar refractivity (Wildman–Crippen MR) is 145 cm³/mol. The maximum absolute atomic E-state index is 9.71. The van der Waals surface area contributed by atoms with E-state index in [0.29, 0.717) is 38.5 Å². The Morgan fingerprint density at radius 1 is 0.289 bits per heavy atom. The number of halogens is 6. The van der Waals surface area contributed by atoms with Crippen molar-refractivity contribution in [3.63, 3.8) is 0 Å². The molecule has 264 valence electrons. The van der Waals surface area contributed by atoms with Crippen molar-refractivity contribution < 1.29 is 168 Å². The Hall–Kier alpha value is 0.703. The third-order valence-corrected chi connectivity index (χ3v) is 2.86. The minimum Gasteiger partial charge on any atom is -1.00 e. The monoisotopic (exact) mass is 870 g/mol. The summed E-state index contributed by atoms with van der Waals surface area (Å²) in [5.41, 5.74) is 38.0. The smallest absolute Gasteiger partial charge is 1.00 e. The Balaban J connectivity index is -0.0000000178. The Labute approximate surface area is 353 Å². The molecule has 0 saturated heterocycles. The molecule has 0 aliphatic carbocycles. The SMILES string of the molecule is CCCC([NH-])=O.CCCC([NH-])=O.CCCC([NH-])=O.CCCC([NH-])=O.CCCC([NH-])=O.CCCC([NH-])=O.[Cl-].[Cl-].[Cl-].[Cl-].[Cl-].[Cl-].[Ti+4].[Ti+4].[Ti+4]. The first-order valence-electron chi connectivity index (χ1n) is 12.1. The quantitative estimate of drug-likeness (QED) is 0.172. The van der Waals surface area contributed by atoms with Gasteiger partial charge in [-0.2, -0.15) is 0 Å². The van der Waals surface area contributed by atoms with Crippen molar-refractivity contribution >= 4 is 35.4 Å². The van der Waals surface area contributed by atoms with Crippen LogP contribution in [0.4, 0.5) is 0 Å². The van der Waals surface area contributed by atoms with Crippen LogP contribution in [0.2, 0.25) is 0 Å². The van der Waals surface area contributed by atoms with E-state index in [2.05, 4.69) is 0 Å².